The number of furan rings is 1. The second kappa shape index (κ2) is 7.50. The third-order valence-electron chi connectivity index (χ3n) is 2.37. The molecular weight excluding hydrogens is 236 g/mol. The zero-order chi connectivity index (χ0) is 13.4. The van der Waals surface area contributed by atoms with E-state index in [0.29, 0.717) is 18.5 Å². The Hall–Kier alpha value is -1.82. The van der Waals surface area contributed by atoms with E-state index in [2.05, 4.69) is 10.6 Å². The maximum atomic E-state index is 11.3. The normalized spacial score (nSPS) is 11.9. The Bertz CT molecular complexity index is 375. The minimum atomic E-state index is -0.706. The average Bonchev–Trinajstić information content (AvgIpc) is 2.89. The molecule has 0 fully saturated rings. The van der Waals surface area contributed by atoms with Gasteiger partial charge in [-0.05, 0) is 18.9 Å². The zero-order valence-corrected chi connectivity index (χ0v) is 10.3. The number of carbonyl (C=O) groups is 2. The minimum Gasteiger partial charge on any atom is -0.472 e. The highest BCUT2D eigenvalue weighted by molar-refractivity contribution is 6.35. The third-order valence-corrected chi connectivity index (χ3v) is 2.37. The van der Waals surface area contributed by atoms with Gasteiger partial charge in [0, 0.05) is 18.7 Å². The molecule has 6 nitrogen and oxygen atoms in total. The van der Waals surface area contributed by atoms with Gasteiger partial charge in [0.2, 0.25) is 0 Å². The highest BCUT2D eigenvalue weighted by Gasteiger charge is 2.13. The molecular formula is C12H18N2O4. The van der Waals surface area contributed by atoms with Crippen molar-refractivity contribution < 1.29 is 19.1 Å². The molecule has 1 heterocycles. The van der Waals surface area contributed by atoms with E-state index in [1.807, 2.05) is 6.92 Å². The third kappa shape index (κ3) is 4.58. The first-order valence-electron chi connectivity index (χ1n) is 5.91. The largest absolute Gasteiger partial charge is 0.472 e. The van der Waals surface area contributed by atoms with Crippen LogP contribution >= 0.6 is 0 Å². The lowest BCUT2D eigenvalue weighted by atomic mass is 10.1. The highest BCUT2D eigenvalue weighted by atomic mass is 16.3. The molecule has 0 spiro atoms. The molecule has 18 heavy (non-hydrogen) atoms. The van der Waals surface area contributed by atoms with Gasteiger partial charge in [0.05, 0.1) is 18.6 Å². The second-order valence-electron chi connectivity index (χ2n) is 3.87. The van der Waals surface area contributed by atoms with Crippen LogP contribution < -0.4 is 10.6 Å². The second-order valence-corrected chi connectivity index (χ2v) is 3.87. The number of aliphatic hydroxyl groups excluding tert-OH is 1. The highest BCUT2D eigenvalue weighted by Crippen LogP contribution is 2.15. The van der Waals surface area contributed by atoms with Crippen LogP contribution in [0.25, 0.3) is 0 Å². The Morgan fingerprint density at radius 3 is 2.56 bits per heavy atom. The minimum absolute atomic E-state index is 0.227. The Balaban J connectivity index is 2.21. The van der Waals surface area contributed by atoms with Crippen LogP contribution in [0.1, 0.15) is 31.4 Å². The van der Waals surface area contributed by atoms with Gasteiger partial charge in [-0.2, -0.15) is 0 Å². The molecule has 1 unspecified atom stereocenters. The SMILES string of the molecule is CCCNC(=O)C(=O)NCCC(O)c1ccoc1. The first kappa shape index (κ1) is 14.2. The van der Waals surface area contributed by atoms with Crippen molar-refractivity contribution in [1.82, 2.24) is 10.6 Å². The molecule has 100 valence electrons. The fourth-order valence-electron chi connectivity index (χ4n) is 1.35. The van der Waals surface area contributed by atoms with Crippen LogP contribution in [0.15, 0.2) is 23.0 Å². The molecule has 0 radical (unpaired) electrons. The molecule has 0 aromatic carbocycles. The molecule has 0 aliphatic rings. The average molecular weight is 254 g/mol. The summed E-state index contributed by atoms with van der Waals surface area (Å²) in [5, 5.41) is 14.6. The van der Waals surface area contributed by atoms with Gasteiger partial charge in [0.25, 0.3) is 0 Å². The zero-order valence-electron chi connectivity index (χ0n) is 10.3. The molecule has 0 aliphatic carbocycles. The first-order valence-corrected chi connectivity index (χ1v) is 5.91. The molecule has 0 aliphatic heterocycles. The predicted octanol–water partition coefficient (Wildman–Crippen LogP) is 0.346. The van der Waals surface area contributed by atoms with E-state index >= 15 is 0 Å². The van der Waals surface area contributed by atoms with Crippen LogP contribution in [0.4, 0.5) is 0 Å². The quantitative estimate of drug-likeness (QED) is 0.639. The molecule has 0 saturated carbocycles. The van der Waals surface area contributed by atoms with Gasteiger partial charge < -0.3 is 20.2 Å². The van der Waals surface area contributed by atoms with Gasteiger partial charge in [0.1, 0.15) is 0 Å². The first-order chi connectivity index (χ1) is 8.65. The number of amides is 2. The Kier molecular flexibility index (Phi) is 5.93. The van der Waals surface area contributed by atoms with Crippen molar-refractivity contribution in [1.29, 1.82) is 0 Å². The standard InChI is InChI=1S/C12H18N2O4/c1-2-5-13-11(16)12(17)14-6-3-10(15)9-4-7-18-8-9/h4,7-8,10,15H,2-3,5-6H2,1H3,(H,13,16)(H,14,17). The van der Waals surface area contributed by atoms with E-state index in [0.717, 1.165) is 6.42 Å². The lowest BCUT2D eigenvalue weighted by Gasteiger charge is -2.09. The summed E-state index contributed by atoms with van der Waals surface area (Å²) in [5.41, 5.74) is 0.652. The number of nitrogens with one attached hydrogen (secondary N) is 2. The van der Waals surface area contributed by atoms with Crippen LogP contribution in [0.2, 0.25) is 0 Å². The molecule has 6 heteroatoms. The molecule has 1 aromatic rings. The van der Waals surface area contributed by atoms with Gasteiger partial charge >= 0.3 is 11.8 Å². The Labute approximate surface area is 105 Å². The topological polar surface area (TPSA) is 91.6 Å². The monoisotopic (exact) mass is 254 g/mol. The summed E-state index contributed by atoms with van der Waals surface area (Å²) in [6.07, 6.45) is 3.31. The summed E-state index contributed by atoms with van der Waals surface area (Å²) in [6.45, 7) is 2.61. The molecule has 0 saturated heterocycles. The maximum absolute atomic E-state index is 11.3. The predicted molar refractivity (Wildman–Crippen MR) is 64.6 cm³/mol. The van der Waals surface area contributed by atoms with Crippen molar-refractivity contribution in [3.05, 3.63) is 24.2 Å². The molecule has 1 atom stereocenters. The van der Waals surface area contributed by atoms with Gasteiger partial charge in [-0.25, -0.2) is 0 Å². The number of rotatable bonds is 6. The fourth-order valence-corrected chi connectivity index (χ4v) is 1.35. The van der Waals surface area contributed by atoms with E-state index in [-0.39, 0.29) is 6.54 Å². The lowest BCUT2D eigenvalue weighted by Crippen LogP contribution is -2.40. The van der Waals surface area contributed by atoms with Crippen molar-refractivity contribution in [2.45, 2.75) is 25.9 Å². The van der Waals surface area contributed by atoms with E-state index in [1.54, 1.807) is 6.07 Å². The van der Waals surface area contributed by atoms with Crippen LogP contribution in [0.3, 0.4) is 0 Å². The Morgan fingerprint density at radius 1 is 1.33 bits per heavy atom. The summed E-state index contributed by atoms with van der Waals surface area (Å²) in [7, 11) is 0. The number of hydrogen-bond acceptors (Lipinski definition) is 4. The van der Waals surface area contributed by atoms with Crippen molar-refractivity contribution in [3.63, 3.8) is 0 Å². The summed E-state index contributed by atoms with van der Waals surface area (Å²) in [5.74, 6) is -1.32. The Morgan fingerprint density at radius 2 is 2.00 bits per heavy atom. The van der Waals surface area contributed by atoms with Crippen molar-refractivity contribution in [3.8, 4) is 0 Å². The molecule has 1 rings (SSSR count). The summed E-state index contributed by atoms with van der Waals surface area (Å²) in [4.78, 5) is 22.5. The van der Waals surface area contributed by atoms with E-state index < -0.39 is 17.9 Å². The van der Waals surface area contributed by atoms with Crippen LogP contribution in [0.5, 0.6) is 0 Å². The van der Waals surface area contributed by atoms with Crippen LogP contribution in [-0.4, -0.2) is 30.0 Å². The molecule has 2 amide bonds. The van der Waals surface area contributed by atoms with E-state index in [4.69, 9.17) is 4.42 Å². The number of hydrogen-bond donors (Lipinski definition) is 3. The molecule has 1 aromatic heterocycles. The summed E-state index contributed by atoms with van der Waals surface area (Å²) < 4.78 is 4.83. The van der Waals surface area contributed by atoms with E-state index in [1.165, 1.54) is 12.5 Å². The van der Waals surface area contributed by atoms with Gasteiger partial charge in [-0.3, -0.25) is 9.59 Å². The maximum Gasteiger partial charge on any atom is 0.309 e. The summed E-state index contributed by atoms with van der Waals surface area (Å²) >= 11 is 0. The van der Waals surface area contributed by atoms with Gasteiger partial charge in [0.15, 0.2) is 0 Å². The number of aliphatic hydroxyl groups is 1. The lowest BCUT2D eigenvalue weighted by molar-refractivity contribution is -0.139. The van der Waals surface area contributed by atoms with Crippen molar-refractivity contribution in [2.75, 3.05) is 13.1 Å². The van der Waals surface area contributed by atoms with Crippen molar-refractivity contribution in [2.24, 2.45) is 0 Å². The van der Waals surface area contributed by atoms with Gasteiger partial charge in [-0.15, -0.1) is 0 Å². The smallest absolute Gasteiger partial charge is 0.309 e. The van der Waals surface area contributed by atoms with Crippen LogP contribution in [-0.2, 0) is 9.59 Å². The van der Waals surface area contributed by atoms with Crippen LogP contribution in [0, 0.1) is 0 Å². The summed E-state index contributed by atoms with van der Waals surface area (Å²) in [6, 6.07) is 1.65. The van der Waals surface area contributed by atoms with Gasteiger partial charge in [-0.1, -0.05) is 6.92 Å². The molecule has 0 bridgehead atoms. The van der Waals surface area contributed by atoms with Crippen molar-refractivity contribution >= 4 is 11.8 Å². The fraction of sp³-hybridized carbons (Fsp3) is 0.500. The molecule has 3 N–H and O–H groups in total. The van der Waals surface area contributed by atoms with E-state index in [9.17, 15) is 14.7 Å². The number of carbonyl (C=O) groups excluding carboxylic acids is 2.